The van der Waals surface area contributed by atoms with Crippen molar-refractivity contribution in [3.8, 4) is 17.2 Å². The summed E-state index contributed by atoms with van der Waals surface area (Å²) in [5.74, 6) is -0.688. The van der Waals surface area contributed by atoms with Crippen molar-refractivity contribution < 1.29 is 33.3 Å². The summed E-state index contributed by atoms with van der Waals surface area (Å²) in [7, 11) is 1.50. The predicted octanol–water partition coefficient (Wildman–Crippen LogP) is 5.57. The number of ketones is 1. The number of carbonyl (C=O) groups is 2. The molecule has 0 bridgehead atoms. The van der Waals surface area contributed by atoms with Gasteiger partial charge in [-0.2, -0.15) is 0 Å². The highest BCUT2D eigenvalue weighted by molar-refractivity contribution is 7.15. The molecular formula is C28H27N3O7S. The molecule has 1 aliphatic heterocycles. The van der Waals surface area contributed by atoms with Crippen molar-refractivity contribution in [2.45, 2.75) is 33.2 Å². The highest BCUT2D eigenvalue weighted by Gasteiger charge is 2.47. The summed E-state index contributed by atoms with van der Waals surface area (Å²) in [6, 6.07) is 11.0. The van der Waals surface area contributed by atoms with E-state index in [0.717, 1.165) is 6.42 Å². The Morgan fingerprint density at radius 2 is 1.92 bits per heavy atom. The Labute approximate surface area is 228 Å². The number of rotatable bonds is 10. The van der Waals surface area contributed by atoms with Gasteiger partial charge in [-0.3, -0.25) is 14.5 Å². The van der Waals surface area contributed by atoms with Gasteiger partial charge in [0.15, 0.2) is 34.4 Å². The third-order valence-electron chi connectivity index (χ3n) is 6.17. The molecule has 11 heteroatoms. The average molecular weight is 550 g/mol. The molecule has 0 saturated heterocycles. The number of furan rings is 1. The van der Waals surface area contributed by atoms with E-state index >= 15 is 0 Å². The molecule has 1 N–H and O–H groups in total. The van der Waals surface area contributed by atoms with E-state index in [0.29, 0.717) is 52.0 Å². The minimum Gasteiger partial charge on any atom is -0.503 e. The van der Waals surface area contributed by atoms with Crippen molar-refractivity contribution in [1.82, 2.24) is 10.2 Å². The van der Waals surface area contributed by atoms with Crippen LogP contribution < -0.4 is 19.1 Å². The van der Waals surface area contributed by atoms with Gasteiger partial charge < -0.3 is 23.7 Å². The van der Waals surface area contributed by atoms with Gasteiger partial charge in [0.05, 0.1) is 31.9 Å². The molecule has 1 atom stereocenters. The normalized spacial score (nSPS) is 15.3. The first-order valence-corrected chi connectivity index (χ1v) is 13.3. The minimum atomic E-state index is -1.02. The highest BCUT2D eigenvalue weighted by Crippen LogP contribution is 2.45. The number of aryl methyl sites for hydroxylation is 1. The third kappa shape index (κ3) is 4.69. The van der Waals surface area contributed by atoms with Crippen LogP contribution in [0.15, 0.2) is 58.2 Å². The third-order valence-corrected chi connectivity index (χ3v) is 7.01. The van der Waals surface area contributed by atoms with E-state index in [1.807, 2.05) is 13.8 Å². The molecule has 10 nitrogen and oxygen atoms in total. The standard InChI is InChI=1S/C28H27N3O7S/c1-5-12-37-18-11-10-16(13-20(18)36-6-2)23-22(25(33)27(34)31(23)28-30-29-15(3)39-28)24(32)21-14-17-8-7-9-19(35-4)26(17)38-21/h7-11,13-14,23,33H,5-6,12H2,1-4H3. The first-order chi connectivity index (χ1) is 18.9. The first-order valence-electron chi connectivity index (χ1n) is 12.4. The van der Waals surface area contributed by atoms with E-state index in [1.54, 1.807) is 49.4 Å². The Balaban J connectivity index is 1.65. The molecule has 3 heterocycles. The van der Waals surface area contributed by atoms with Gasteiger partial charge in [0.25, 0.3) is 5.91 Å². The maximum absolute atomic E-state index is 13.9. The number of aliphatic hydroxyl groups excluding tert-OH is 1. The lowest BCUT2D eigenvalue weighted by atomic mass is 9.95. The van der Waals surface area contributed by atoms with Gasteiger partial charge in [0.1, 0.15) is 5.01 Å². The topological polar surface area (TPSA) is 124 Å². The zero-order valence-electron chi connectivity index (χ0n) is 21.9. The summed E-state index contributed by atoms with van der Waals surface area (Å²) >= 11 is 1.17. The zero-order chi connectivity index (χ0) is 27.7. The number of aliphatic hydroxyl groups is 1. The average Bonchev–Trinajstić information content (AvgIpc) is 3.63. The number of methoxy groups -OCH3 is 1. The Bertz CT molecular complexity index is 1590. The molecular weight excluding hydrogens is 522 g/mol. The number of benzene rings is 2. The van der Waals surface area contributed by atoms with Crippen LogP contribution in [-0.4, -0.2) is 47.3 Å². The van der Waals surface area contributed by atoms with Crippen LogP contribution in [0.1, 0.15) is 47.4 Å². The van der Waals surface area contributed by atoms with Crippen molar-refractivity contribution in [3.05, 3.63) is 70.1 Å². The lowest BCUT2D eigenvalue weighted by Crippen LogP contribution is -2.31. The van der Waals surface area contributed by atoms with Gasteiger partial charge in [-0.05, 0) is 50.1 Å². The Hall–Kier alpha value is -4.38. The molecule has 202 valence electrons. The van der Waals surface area contributed by atoms with Crippen LogP contribution in [0.3, 0.4) is 0 Å². The van der Waals surface area contributed by atoms with Gasteiger partial charge in [-0.15, -0.1) is 10.2 Å². The molecule has 1 unspecified atom stereocenters. The van der Waals surface area contributed by atoms with Gasteiger partial charge in [0, 0.05) is 5.39 Å². The van der Waals surface area contributed by atoms with E-state index < -0.39 is 23.5 Å². The number of anilines is 1. The minimum absolute atomic E-state index is 0.0444. The highest BCUT2D eigenvalue weighted by atomic mass is 32.1. The second-order valence-electron chi connectivity index (χ2n) is 8.75. The number of para-hydroxylation sites is 1. The number of carbonyl (C=O) groups excluding carboxylic acids is 2. The van der Waals surface area contributed by atoms with Gasteiger partial charge in [-0.1, -0.05) is 36.5 Å². The zero-order valence-corrected chi connectivity index (χ0v) is 22.7. The Morgan fingerprint density at radius 1 is 1.10 bits per heavy atom. The summed E-state index contributed by atoms with van der Waals surface area (Å²) in [5, 5.41) is 20.8. The molecule has 1 aliphatic rings. The van der Waals surface area contributed by atoms with Gasteiger partial charge in [-0.25, -0.2) is 0 Å². The fourth-order valence-corrected chi connectivity index (χ4v) is 5.18. The van der Waals surface area contributed by atoms with E-state index in [1.165, 1.54) is 23.3 Å². The number of hydrogen-bond donors (Lipinski definition) is 1. The van der Waals surface area contributed by atoms with Crippen molar-refractivity contribution in [1.29, 1.82) is 0 Å². The summed E-state index contributed by atoms with van der Waals surface area (Å²) in [6.45, 7) is 6.48. The number of aromatic nitrogens is 2. The number of fused-ring (bicyclic) bond motifs is 1. The van der Waals surface area contributed by atoms with Crippen LogP contribution in [0.4, 0.5) is 5.13 Å². The Kier molecular flexibility index (Phi) is 7.25. The lowest BCUT2D eigenvalue weighted by Gasteiger charge is -2.24. The van der Waals surface area contributed by atoms with E-state index in [2.05, 4.69) is 10.2 Å². The van der Waals surface area contributed by atoms with Crippen molar-refractivity contribution in [2.24, 2.45) is 0 Å². The number of hydrogen-bond acceptors (Lipinski definition) is 10. The molecule has 4 aromatic rings. The molecule has 5 rings (SSSR count). The fourth-order valence-electron chi connectivity index (χ4n) is 4.47. The largest absolute Gasteiger partial charge is 0.503 e. The van der Waals surface area contributed by atoms with Crippen LogP contribution in [0.25, 0.3) is 11.0 Å². The van der Waals surface area contributed by atoms with E-state index in [-0.39, 0.29) is 16.5 Å². The van der Waals surface area contributed by atoms with Crippen LogP contribution in [0.2, 0.25) is 0 Å². The SMILES string of the molecule is CCCOc1ccc(C2C(C(=O)c3cc4cccc(OC)c4o3)=C(O)C(=O)N2c2nnc(C)s2)cc1OCC. The smallest absolute Gasteiger partial charge is 0.296 e. The molecule has 1 amide bonds. The van der Waals surface area contributed by atoms with Crippen LogP contribution in [0, 0.1) is 6.92 Å². The molecule has 0 fully saturated rings. The number of ether oxygens (including phenoxy) is 3. The summed E-state index contributed by atoms with van der Waals surface area (Å²) in [5.41, 5.74) is 0.761. The number of nitrogens with zero attached hydrogens (tertiary/aromatic N) is 3. The summed E-state index contributed by atoms with van der Waals surface area (Å²) < 4.78 is 22.9. The van der Waals surface area contributed by atoms with Crippen molar-refractivity contribution >= 4 is 39.1 Å². The number of Topliss-reactive ketones (excluding diaryl/α,β-unsaturated/α-hetero) is 1. The van der Waals surface area contributed by atoms with E-state index in [9.17, 15) is 14.7 Å². The van der Waals surface area contributed by atoms with Crippen molar-refractivity contribution in [2.75, 3.05) is 25.2 Å². The maximum atomic E-state index is 13.9. The lowest BCUT2D eigenvalue weighted by molar-refractivity contribution is -0.117. The second kappa shape index (κ2) is 10.8. The summed E-state index contributed by atoms with van der Waals surface area (Å²) in [4.78, 5) is 28.6. The summed E-state index contributed by atoms with van der Waals surface area (Å²) in [6.07, 6.45) is 0.812. The molecule has 0 spiro atoms. The van der Waals surface area contributed by atoms with Gasteiger partial charge >= 0.3 is 0 Å². The van der Waals surface area contributed by atoms with Crippen molar-refractivity contribution in [3.63, 3.8) is 0 Å². The fraction of sp³-hybridized carbons (Fsp3) is 0.286. The molecule has 2 aromatic carbocycles. The predicted molar refractivity (Wildman–Crippen MR) is 145 cm³/mol. The van der Waals surface area contributed by atoms with E-state index in [4.69, 9.17) is 18.6 Å². The second-order valence-corrected chi connectivity index (χ2v) is 9.91. The van der Waals surface area contributed by atoms with Crippen LogP contribution in [0.5, 0.6) is 17.2 Å². The van der Waals surface area contributed by atoms with Gasteiger partial charge in [0.2, 0.25) is 10.9 Å². The molecule has 0 aliphatic carbocycles. The quantitative estimate of drug-likeness (QED) is 0.253. The molecule has 0 saturated carbocycles. The van der Waals surface area contributed by atoms with Crippen LogP contribution in [-0.2, 0) is 4.79 Å². The first kappa shape index (κ1) is 26.2. The molecule has 0 radical (unpaired) electrons. The van der Waals surface area contributed by atoms with Crippen LogP contribution >= 0.6 is 11.3 Å². The maximum Gasteiger partial charge on any atom is 0.296 e. The monoisotopic (exact) mass is 549 g/mol. The molecule has 39 heavy (non-hydrogen) atoms. The Morgan fingerprint density at radius 3 is 2.62 bits per heavy atom. The molecule has 2 aromatic heterocycles. The number of amides is 1.